The van der Waals surface area contributed by atoms with Gasteiger partial charge in [0.25, 0.3) is 0 Å². The zero-order valence-electron chi connectivity index (χ0n) is 18.1. The topological polar surface area (TPSA) is 114 Å². The van der Waals surface area contributed by atoms with E-state index in [2.05, 4.69) is 10.6 Å². The maximum absolute atomic E-state index is 12.8. The molecule has 2 aromatic carbocycles. The summed E-state index contributed by atoms with van der Waals surface area (Å²) in [6.45, 7) is 3.52. The number of halogens is 1. The molecule has 172 valence electrons. The molecule has 0 aliphatic rings. The van der Waals surface area contributed by atoms with Gasteiger partial charge in [0.2, 0.25) is 5.91 Å². The third kappa shape index (κ3) is 7.46. The predicted molar refractivity (Wildman–Crippen MR) is 120 cm³/mol. The fourth-order valence-electron chi connectivity index (χ4n) is 2.96. The number of carbonyl (C=O) groups excluding carboxylic acids is 2. The van der Waals surface area contributed by atoms with Gasteiger partial charge in [0.1, 0.15) is 24.4 Å². The average molecular weight is 463 g/mol. The molecule has 0 fully saturated rings. The largest absolute Gasteiger partial charge is 0.495 e. The van der Waals surface area contributed by atoms with Crippen molar-refractivity contribution in [3.05, 3.63) is 64.7 Å². The lowest BCUT2D eigenvalue weighted by atomic mass is 10.0. The van der Waals surface area contributed by atoms with Crippen molar-refractivity contribution in [2.45, 2.75) is 39.0 Å². The van der Waals surface area contributed by atoms with E-state index in [0.717, 1.165) is 5.56 Å². The number of carboxylic acids is 1. The summed E-state index contributed by atoms with van der Waals surface area (Å²) in [5.74, 6) is -1.67. The zero-order chi connectivity index (χ0) is 23.7. The Morgan fingerprint density at radius 1 is 1.03 bits per heavy atom. The summed E-state index contributed by atoms with van der Waals surface area (Å²) in [7, 11) is 1.48. The highest BCUT2D eigenvalue weighted by molar-refractivity contribution is 6.32. The number of carboxylic acid groups (broad SMARTS) is 1. The van der Waals surface area contributed by atoms with Gasteiger partial charge in [-0.1, -0.05) is 61.8 Å². The molecule has 0 unspecified atom stereocenters. The normalized spacial score (nSPS) is 12.5. The minimum atomic E-state index is -1.21. The maximum atomic E-state index is 12.8. The Hall–Kier alpha value is -3.26. The lowest BCUT2D eigenvalue weighted by Crippen LogP contribution is -2.54. The Labute approximate surface area is 191 Å². The Morgan fingerprint density at radius 3 is 2.28 bits per heavy atom. The fraction of sp³-hybridized carbons (Fsp3) is 0.348. The lowest BCUT2D eigenvalue weighted by Gasteiger charge is -2.24. The molecule has 0 spiro atoms. The van der Waals surface area contributed by atoms with Crippen LogP contribution in [0.15, 0.2) is 48.5 Å². The molecule has 2 amide bonds. The molecule has 0 heterocycles. The highest BCUT2D eigenvalue weighted by Gasteiger charge is 2.29. The number of amides is 2. The van der Waals surface area contributed by atoms with Crippen LogP contribution in [0.2, 0.25) is 5.02 Å². The van der Waals surface area contributed by atoms with Crippen LogP contribution in [-0.2, 0) is 27.4 Å². The number of alkyl carbamates (subject to hydrolysis) is 1. The molecule has 2 aromatic rings. The van der Waals surface area contributed by atoms with Gasteiger partial charge in [0, 0.05) is 6.42 Å². The van der Waals surface area contributed by atoms with Gasteiger partial charge in [-0.05, 0) is 29.2 Å². The van der Waals surface area contributed by atoms with E-state index in [1.165, 1.54) is 7.11 Å². The van der Waals surface area contributed by atoms with Gasteiger partial charge in [-0.3, -0.25) is 4.79 Å². The van der Waals surface area contributed by atoms with Crippen LogP contribution in [0.4, 0.5) is 4.79 Å². The van der Waals surface area contributed by atoms with Gasteiger partial charge in [0.15, 0.2) is 0 Å². The van der Waals surface area contributed by atoms with Crippen molar-refractivity contribution in [1.82, 2.24) is 10.6 Å². The molecule has 0 aromatic heterocycles. The molecule has 2 atom stereocenters. The number of methoxy groups -OCH3 is 1. The van der Waals surface area contributed by atoms with Crippen molar-refractivity contribution in [2.75, 3.05) is 7.11 Å². The molecule has 2 rings (SSSR count). The summed E-state index contributed by atoms with van der Waals surface area (Å²) in [6, 6.07) is 11.8. The summed E-state index contributed by atoms with van der Waals surface area (Å²) in [5.41, 5.74) is 1.41. The van der Waals surface area contributed by atoms with Gasteiger partial charge >= 0.3 is 12.1 Å². The van der Waals surface area contributed by atoms with E-state index in [1.807, 2.05) is 30.3 Å². The van der Waals surface area contributed by atoms with Crippen LogP contribution in [0.3, 0.4) is 0 Å². The van der Waals surface area contributed by atoms with Crippen LogP contribution in [0.25, 0.3) is 0 Å². The van der Waals surface area contributed by atoms with E-state index in [0.29, 0.717) is 16.3 Å². The van der Waals surface area contributed by atoms with Gasteiger partial charge in [-0.25, -0.2) is 9.59 Å². The van der Waals surface area contributed by atoms with E-state index in [-0.39, 0.29) is 18.9 Å². The summed E-state index contributed by atoms with van der Waals surface area (Å²) < 4.78 is 10.3. The number of rotatable bonds is 10. The molecule has 0 saturated carbocycles. The van der Waals surface area contributed by atoms with Crippen molar-refractivity contribution in [3.63, 3.8) is 0 Å². The average Bonchev–Trinajstić information content (AvgIpc) is 2.76. The van der Waals surface area contributed by atoms with Gasteiger partial charge in [0.05, 0.1) is 12.1 Å². The molecule has 32 heavy (non-hydrogen) atoms. The predicted octanol–water partition coefficient (Wildman–Crippen LogP) is 3.41. The van der Waals surface area contributed by atoms with Crippen LogP contribution in [-0.4, -0.2) is 42.3 Å². The molecule has 0 aliphatic heterocycles. The van der Waals surface area contributed by atoms with Crippen molar-refractivity contribution < 1.29 is 29.0 Å². The Balaban J connectivity index is 2.01. The first-order valence-electron chi connectivity index (χ1n) is 10.0. The molecule has 0 saturated heterocycles. The number of hydrogen-bond donors (Lipinski definition) is 3. The first kappa shape index (κ1) is 25.0. The standard InChI is InChI=1S/C23H27ClN2O6/c1-14(2)20(26-23(30)32-13-15-7-5-4-6-8-15)21(27)25-18(22(28)29)12-16-9-10-19(31-3)17(24)11-16/h4-11,14,18,20H,12-13H2,1-3H3,(H,25,27)(H,26,30)(H,28,29)/t18-,20-/m0/s1. The van der Waals surface area contributed by atoms with Crippen LogP contribution in [0.5, 0.6) is 5.75 Å². The van der Waals surface area contributed by atoms with E-state index >= 15 is 0 Å². The summed E-state index contributed by atoms with van der Waals surface area (Å²) in [4.78, 5) is 36.7. The highest BCUT2D eigenvalue weighted by atomic mass is 35.5. The Kier molecular flexibility index (Phi) is 9.34. The molecular weight excluding hydrogens is 436 g/mol. The number of aliphatic carboxylic acids is 1. The van der Waals surface area contributed by atoms with Crippen LogP contribution >= 0.6 is 11.6 Å². The van der Waals surface area contributed by atoms with Crippen molar-refractivity contribution >= 4 is 29.6 Å². The molecule has 3 N–H and O–H groups in total. The second-order valence-electron chi connectivity index (χ2n) is 7.50. The number of carbonyl (C=O) groups is 3. The zero-order valence-corrected chi connectivity index (χ0v) is 18.9. The minimum Gasteiger partial charge on any atom is -0.495 e. The molecule has 8 nitrogen and oxygen atoms in total. The smallest absolute Gasteiger partial charge is 0.408 e. The fourth-order valence-corrected chi connectivity index (χ4v) is 3.24. The van der Waals surface area contributed by atoms with Crippen LogP contribution in [0.1, 0.15) is 25.0 Å². The van der Waals surface area contributed by atoms with E-state index in [1.54, 1.807) is 32.0 Å². The van der Waals surface area contributed by atoms with E-state index in [4.69, 9.17) is 21.1 Å². The third-order valence-electron chi connectivity index (χ3n) is 4.71. The Bertz CT molecular complexity index is 935. The van der Waals surface area contributed by atoms with Crippen molar-refractivity contribution in [3.8, 4) is 5.75 Å². The summed E-state index contributed by atoms with van der Waals surface area (Å²) in [6.07, 6.45) is -0.759. The van der Waals surface area contributed by atoms with Gasteiger partial charge in [-0.15, -0.1) is 0 Å². The van der Waals surface area contributed by atoms with Crippen molar-refractivity contribution in [1.29, 1.82) is 0 Å². The van der Waals surface area contributed by atoms with Gasteiger partial charge < -0.3 is 25.2 Å². The summed E-state index contributed by atoms with van der Waals surface area (Å²) in [5, 5.41) is 14.9. The third-order valence-corrected chi connectivity index (χ3v) is 5.00. The quantitative estimate of drug-likeness (QED) is 0.498. The molecule has 9 heteroatoms. The maximum Gasteiger partial charge on any atom is 0.408 e. The first-order valence-corrected chi connectivity index (χ1v) is 10.4. The van der Waals surface area contributed by atoms with E-state index < -0.39 is 30.1 Å². The van der Waals surface area contributed by atoms with Gasteiger partial charge in [-0.2, -0.15) is 0 Å². The second kappa shape index (κ2) is 12.0. The highest BCUT2D eigenvalue weighted by Crippen LogP contribution is 2.25. The molecule has 0 aliphatic carbocycles. The van der Waals surface area contributed by atoms with Crippen LogP contribution in [0, 0.1) is 5.92 Å². The van der Waals surface area contributed by atoms with Crippen LogP contribution < -0.4 is 15.4 Å². The number of benzene rings is 2. The summed E-state index contributed by atoms with van der Waals surface area (Å²) >= 11 is 6.10. The first-order chi connectivity index (χ1) is 15.2. The number of nitrogens with one attached hydrogen (secondary N) is 2. The molecular formula is C23H27ClN2O6. The molecule has 0 bridgehead atoms. The SMILES string of the molecule is COc1ccc(C[C@H](NC(=O)[C@@H](NC(=O)OCc2ccccc2)C(C)C)C(=O)O)cc1Cl. The monoisotopic (exact) mass is 462 g/mol. The number of ether oxygens (including phenoxy) is 2. The van der Waals surface area contributed by atoms with E-state index in [9.17, 15) is 19.5 Å². The molecule has 0 radical (unpaired) electrons. The minimum absolute atomic E-state index is 0.00799. The van der Waals surface area contributed by atoms with Crippen molar-refractivity contribution in [2.24, 2.45) is 5.92 Å². The lowest BCUT2D eigenvalue weighted by molar-refractivity contribution is -0.142. The number of hydrogen-bond acceptors (Lipinski definition) is 5. The Morgan fingerprint density at radius 2 is 1.72 bits per heavy atom. The second-order valence-corrected chi connectivity index (χ2v) is 7.91.